The first-order valence-corrected chi connectivity index (χ1v) is 6.78. The van der Waals surface area contributed by atoms with Gasteiger partial charge in [0, 0.05) is 44.6 Å². The number of hydrogen-bond acceptors (Lipinski definition) is 3. The summed E-state index contributed by atoms with van der Waals surface area (Å²) in [5.41, 5.74) is 1.44. The summed E-state index contributed by atoms with van der Waals surface area (Å²) in [7, 11) is 0. The molecule has 3 heteroatoms. The smallest absolute Gasteiger partial charge is 0.0302 e. The molecule has 0 bridgehead atoms. The summed E-state index contributed by atoms with van der Waals surface area (Å²) in [6.07, 6.45) is 7.93. The first-order valence-electron chi connectivity index (χ1n) is 6.78. The van der Waals surface area contributed by atoms with Crippen molar-refractivity contribution in [1.82, 2.24) is 15.2 Å². The van der Waals surface area contributed by atoms with E-state index in [0.717, 1.165) is 25.0 Å². The van der Waals surface area contributed by atoms with Crippen LogP contribution in [0, 0.1) is 0 Å². The zero-order chi connectivity index (χ0) is 11.5. The summed E-state index contributed by atoms with van der Waals surface area (Å²) in [6, 6.07) is 5.10. The van der Waals surface area contributed by atoms with Gasteiger partial charge in [-0.25, -0.2) is 0 Å². The molecule has 17 heavy (non-hydrogen) atoms. The van der Waals surface area contributed by atoms with Crippen LogP contribution in [0.3, 0.4) is 0 Å². The van der Waals surface area contributed by atoms with Crippen LogP contribution in [0.2, 0.25) is 0 Å². The Balaban J connectivity index is 1.61. The molecule has 2 atom stereocenters. The lowest BCUT2D eigenvalue weighted by Gasteiger charge is -2.32. The molecule has 3 rings (SSSR count). The highest BCUT2D eigenvalue weighted by atomic mass is 15.2. The zero-order valence-electron chi connectivity index (χ0n) is 10.3. The Morgan fingerprint density at radius 2 is 2.12 bits per heavy atom. The highest BCUT2D eigenvalue weighted by Gasteiger charge is 2.30. The highest BCUT2D eigenvalue weighted by molar-refractivity contribution is 5.16. The molecular formula is C14H21N3. The van der Waals surface area contributed by atoms with Gasteiger partial charge in [0.05, 0.1) is 0 Å². The Kier molecular flexibility index (Phi) is 3.39. The van der Waals surface area contributed by atoms with Crippen LogP contribution in [0.1, 0.15) is 30.7 Å². The number of piperazine rings is 1. The molecule has 2 aliphatic rings. The number of hydrogen-bond donors (Lipinski definition) is 1. The van der Waals surface area contributed by atoms with E-state index in [0.29, 0.717) is 0 Å². The molecule has 2 heterocycles. The molecule has 2 fully saturated rings. The molecule has 92 valence electrons. The maximum Gasteiger partial charge on any atom is 0.0302 e. The van der Waals surface area contributed by atoms with Gasteiger partial charge in [-0.1, -0.05) is 6.07 Å². The molecule has 0 aromatic carbocycles. The first kappa shape index (κ1) is 11.2. The van der Waals surface area contributed by atoms with Crippen molar-refractivity contribution in [2.75, 3.05) is 26.2 Å². The Morgan fingerprint density at radius 1 is 1.24 bits per heavy atom. The molecule has 1 aromatic heterocycles. The highest BCUT2D eigenvalue weighted by Crippen LogP contribution is 2.36. The van der Waals surface area contributed by atoms with E-state index in [2.05, 4.69) is 27.3 Å². The minimum absolute atomic E-state index is 0.739. The van der Waals surface area contributed by atoms with Crippen molar-refractivity contribution in [3.05, 3.63) is 30.1 Å². The quantitative estimate of drug-likeness (QED) is 0.838. The van der Waals surface area contributed by atoms with Crippen molar-refractivity contribution < 1.29 is 0 Å². The van der Waals surface area contributed by atoms with E-state index in [4.69, 9.17) is 0 Å². The summed E-state index contributed by atoms with van der Waals surface area (Å²) >= 11 is 0. The van der Waals surface area contributed by atoms with Crippen molar-refractivity contribution in [3.8, 4) is 0 Å². The second-order valence-corrected chi connectivity index (χ2v) is 5.24. The van der Waals surface area contributed by atoms with E-state index in [-0.39, 0.29) is 0 Å². The number of rotatable bonds is 2. The number of pyridine rings is 1. The molecule has 3 nitrogen and oxygen atoms in total. The Bertz CT molecular complexity index is 346. The fraction of sp³-hybridized carbons (Fsp3) is 0.643. The lowest BCUT2D eigenvalue weighted by molar-refractivity contribution is 0.174. The summed E-state index contributed by atoms with van der Waals surface area (Å²) in [6.45, 7) is 4.77. The normalized spacial score (nSPS) is 30.6. The third-order valence-electron chi connectivity index (χ3n) is 4.23. The molecular weight excluding hydrogens is 210 g/mol. The van der Waals surface area contributed by atoms with Crippen LogP contribution in [0.4, 0.5) is 0 Å². The lowest BCUT2D eigenvalue weighted by Crippen LogP contribution is -2.47. The summed E-state index contributed by atoms with van der Waals surface area (Å²) in [5.74, 6) is 0.739. The maximum atomic E-state index is 4.24. The minimum atomic E-state index is 0.739. The first-order chi connectivity index (χ1) is 8.43. The fourth-order valence-electron chi connectivity index (χ4n) is 3.26. The number of aromatic nitrogens is 1. The Labute approximate surface area is 103 Å². The Morgan fingerprint density at radius 3 is 2.88 bits per heavy atom. The molecule has 0 spiro atoms. The molecule has 0 radical (unpaired) electrons. The standard InChI is InChI=1S/C14H21N3/c1-2-13(11-16-5-1)12-3-4-14(10-12)17-8-6-15-7-9-17/h1-2,5,11-12,14-15H,3-4,6-10H2. The summed E-state index contributed by atoms with van der Waals surface area (Å²) < 4.78 is 0. The molecule has 1 aliphatic carbocycles. The van der Waals surface area contributed by atoms with Crippen molar-refractivity contribution in [1.29, 1.82) is 0 Å². The van der Waals surface area contributed by atoms with Gasteiger partial charge in [-0.3, -0.25) is 9.88 Å². The van der Waals surface area contributed by atoms with E-state index in [1.165, 1.54) is 37.9 Å². The number of nitrogens with one attached hydrogen (secondary N) is 1. The number of nitrogens with zero attached hydrogens (tertiary/aromatic N) is 2. The van der Waals surface area contributed by atoms with E-state index >= 15 is 0 Å². The van der Waals surface area contributed by atoms with E-state index < -0.39 is 0 Å². The van der Waals surface area contributed by atoms with Crippen LogP contribution in [0.5, 0.6) is 0 Å². The lowest BCUT2D eigenvalue weighted by atomic mass is 9.99. The summed E-state index contributed by atoms with van der Waals surface area (Å²) in [4.78, 5) is 6.92. The van der Waals surface area contributed by atoms with Crippen LogP contribution >= 0.6 is 0 Å². The summed E-state index contributed by atoms with van der Waals surface area (Å²) in [5, 5.41) is 3.43. The average molecular weight is 231 g/mol. The van der Waals surface area contributed by atoms with Gasteiger partial charge in [-0.2, -0.15) is 0 Å². The topological polar surface area (TPSA) is 28.2 Å². The van der Waals surface area contributed by atoms with Gasteiger partial charge in [-0.15, -0.1) is 0 Å². The molecule has 1 N–H and O–H groups in total. The van der Waals surface area contributed by atoms with Crippen LogP contribution in [-0.2, 0) is 0 Å². The largest absolute Gasteiger partial charge is 0.314 e. The van der Waals surface area contributed by atoms with E-state index in [1.54, 1.807) is 0 Å². The van der Waals surface area contributed by atoms with Crippen LogP contribution in [-0.4, -0.2) is 42.1 Å². The average Bonchev–Trinajstić information content (AvgIpc) is 2.90. The van der Waals surface area contributed by atoms with Gasteiger partial charge in [0.2, 0.25) is 0 Å². The second-order valence-electron chi connectivity index (χ2n) is 5.24. The monoisotopic (exact) mass is 231 g/mol. The van der Waals surface area contributed by atoms with E-state index in [1.807, 2.05) is 12.4 Å². The Hall–Kier alpha value is -0.930. The molecule has 2 unspecified atom stereocenters. The predicted octanol–water partition coefficient (Wildman–Crippen LogP) is 1.62. The second kappa shape index (κ2) is 5.15. The maximum absolute atomic E-state index is 4.24. The van der Waals surface area contributed by atoms with Gasteiger partial charge in [0.1, 0.15) is 0 Å². The van der Waals surface area contributed by atoms with Crippen LogP contribution < -0.4 is 5.32 Å². The van der Waals surface area contributed by atoms with Gasteiger partial charge >= 0.3 is 0 Å². The molecule has 1 saturated heterocycles. The van der Waals surface area contributed by atoms with E-state index in [9.17, 15) is 0 Å². The van der Waals surface area contributed by atoms with Gasteiger partial charge < -0.3 is 5.32 Å². The van der Waals surface area contributed by atoms with Crippen LogP contribution in [0.25, 0.3) is 0 Å². The zero-order valence-corrected chi connectivity index (χ0v) is 10.3. The minimum Gasteiger partial charge on any atom is -0.314 e. The van der Waals surface area contributed by atoms with Gasteiger partial charge in [-0.05, 0) is 36.8 Å². The van der Waals surface area contributed by atoms with Gasteiger partial charge in [0.25, 0.3) is 0 Å². The third kappa shape index (κ3) is 2.50. The fourth-order valence-corrected chi connectivity index (χ4v) is 3.26. The molecule has 0 amide bonds. The third-order valence-corrected chi connectivity index (χ3v) is 4.23. The van der Waals surface area contributed by atoms with Crippen molar-refractivity contribution >= 4 is 0 Å². The molecule has 1 saturated carbocycles. The van der Waals surface area contributed by atoms with Crippen molar-refractivity contribution in [2.45, 2.75) is 31.2 Å². The predicted molar refractivity (Wildman–Crippen MR) is 69.1 cm³/mol. The van der Waals surface area contributed by atoms with Crippen molar-refractivity contribution in [2.24, 2.45) is 0 Å². The molecule has 1 aromatic rings. The van der Waals surface area contributed by atoms with Gasteiger partial charge in [0.15, 0.2) is 0 Å². The van der Waals surface area contributed by atoms with Crippen molar-refractivity contribution in [3.63, 3.8) is 0 Å². The SMILES string of the molecule is c1cncc(C2CCC(N3CCNCC3)C2)c1. The van der Waals surface area contributed by atoms with Crippen LogP contribution in [0.15, 0.2) is 24.5 Å². The molecule has 1 aliphatic heterocycles.